The highest BCUT2D eigenvalue weighted by atomic mass is 16.2. The number of nitrogens with zero attached hydrogens (tertiary/aromatic N) is 1. The summed E-state index contributed by atoms with van der Waals surface area (Å²) in [6.45, 7) is 6.63. The minimum Gasteiger partial charge on any atom is -0.331 e. The summed E-state index contributed by atoms with van der Waals surface area (Å²) in [6, 6.07) is 0. The molecule has 1 aromatic rings. The standard InChI is InChI=1S/C11H20N4O/c1-11(2,3)6-8(7-12)9(16)15-10-13-4-5-14-10/h4-5,8H,6-7,12H2,1-3H3,(H2,13,14,15,16). The first kappa shape index (κ1) is 12.7. The molecule has 0 fully saturated rings. The number of amides is 1. The van der Waals surface area contributed by atoms with E-state index in [0.717, 1.165) is 6.42 Å². The fourth-order valence-electron chi connectivity index (χ4n) is 1.57. The Hall–Kier alpha value is -1.36. The highest BCUT2D eigenvalue weighted by molar-refractivity contribution is 5.91. The third kappa shape index (κ3) is 4.02. The minimum absolute atomic E-state index is 0.0765. The Morgan fingerprint density at radius 3 is 2.75 bits per heavy atom. The molecular formula is C11H20N4O. The van der Waals surface area contributed by atoms with E-state index in [0.29, 0.717) is 12.5 Å². The Labute approximate surface area is 95.8 Å². The molecule has 0 saturated heterocycles. The SMILES string of the molecule is CC(C)(C)CC(CN)C(=O)Nc1ncc[nH]1. The molecule has 0 spiro atoms. The molecule has 1 aromatic heterocycles. The van der Waals surface area contributed by atoms with Gasteiger partial charge in [0.1, 0.15) is 0 Å². The first-order valence-electron chi connectivity index (χ1n) is 5.42. The van der Waals surface area contributed by atoms with Crippen LogP contribution in [-0.2, 0) is 4.79 Å². The molecule has 1 amide bonds. The van der Waals surface area contributed by atoms with E-state index < -0.39 is 0 Å². The smallest absolute Gasteiger partial charge is 0.231 e. The van der Waals surface area contributed by atoms with Crippen LogP contribution in [0, 0.1) is 11.3 Å². The van der Waals surface area contributed by atoms with E-state index in [1.807, 2.05) is 0 Å². The highest BCUT2D eigenvalue weighted by Crippen LogP contribution is 2.24. The van der Waals surface area contributed by atoms with Crippen molar-refractivity contribution in [3.05, 3.63) is 12.4 Å². The van der Waals surface area contributed by atoms with Gasteiger partial charge in [0, 0.05) is 18.9 Å². The van der Waals surface area contributed by atoms with Crippen LogP contribution in [0.1, 0.15) is 27.2 Å². The highest BCUT2D eigenvalue weighted by Gasteiger charge is 2.24. The average molecular weight is 224 g/mol. The lowest BCUT2D eigenvalue weighted by Gasteiger charge is -2.23. The molecule has 0 aromatic carbocycles. The lowest BCUT2D eigenvalue weighted by molar-refractivity contribution is -0.120. The molecule has 90 valence electrons. The molecule has 0 aliphatic carbocycles. The molecule has 1 unspecified atom stereocenters. The second-order valence-electron chi connectivity index (χ2n) is 5.12. The monoisotopic (exact) mass is 224 g/mol. The fourth-order valence-corrected chi connectivity index (χ4v) is 1.57. The number of imidazole rings is 1. The first-order valence-corrected chi connectivity index (χ1v) is 5.42. The van der Waals surface area contributed by atoms with E-state index in [4.69, 9.17) is 5.73 Å². The number of anilines is 1. The van der Waals surface area contributed by atoms with Gasteiger partial charge in [-0.3, -0.25) is 10.1 Å². The Balaban J connectivity index is 2.56. The zero-order valence-electron chi connectivity index (χ0n) is 10.1. The van der Waals surface area contributed by atoms with Gasteiger partial charge in [0.05, 0.1) is 5.92 Å². The maximum absolute atomic E-state index is 11.9. The number of carbonyl (C=O) groups is 1. The van der Waals surface area contributed by atoms with E-state index >= 15 is 0 Å². The van der Waals surface area contributed by atoms with Gasteiger partial charge in [-0.05, 0) is 11.8 Å². The quantitative estimate of drug-likeness (QED) is 0.722. The summed E-state index contributed by atoms with van der Waals surface area (Å²) in [6.07, 6.45) is 4.02. The van der Waals surface area contributed by atoms with Crippen LogP contribution >= 0.6 is 0 Å². The number of hydrogen-bond acceptors (Lipinski definition) is 3. The van der Waals surface area contributed by atoms with Gasteiger partial charge in [-0.1, -0.05) is 20.8 Å². The second-order valence-corrected chi connectivity index (χ2v) is 5.12. The summed E-state index contributed by atoms with van der Waals surface area (Å²) in [5, 5.41) is 2.71. The van der Waals surface area contributed by atoms with Crippen molar-refractivity contribution >= 4 is 11.9 Å². The topological polar surface area (TPSA) is 83.8 Å². The van der Waals surface area contributed by atoms with Crippen molar-refractivity contribution in [3.8, 4) is 0 Å². The Morgan fingerprint density at radius 1 is 1.62 bits per heavy atom. The van der Waals surface area contributed by atoms with E-state index in [-0.39, 0.29) is 17.2 Å². The van der Waals surface area contributed by atoms with Crippen molar-refractivity contribution in [3.63, 3.8) is 0 Å². The molecule has 0 saturated carbocycles. The predicted molar refractivity (Wildman–Crippen MR) is 63.8 cm³/mol. The number of aromatic nitrogens is 2. The Kier molecular flexibility index (Phi) is 4.06. The molecular weight excluding hydrogens is 204 g/mol. The number of H-pyrrole nitrogens is 1. The molecule has 0 aliphatic rings. The van der Waals surface area contributed by atoms with Gasteiger partial charge in [0.2, 0.25) is 11.9 Å². The molecule has 1 rings (SSSR count). The van der Waals surface area contributed by atoms with Crippen molar-refractivity contribution in [1.82, 2.24) is 9.97 Å². The largest absolute Gasteiger partial charge is 0.331 e. The average Bonchev–Trinajstić information content (AvgIpc) is 2.65. The zero-order valence-corrected chi connectivity index (χ0v) is 10.1. The Bertz CT molecular complexity index is 326. The van der Waals surface area contributed by atoms with Gasteiger partial charge in [-0.25, -0.2) is 4.98 Å². The van der Waals surface area contributed by atoms with Crippen LogP contribution in [0.2, 0.25) is 0 Å². The van der Waals surface area contributed by atoms with Gasteiger partial charge in [0.15, 0.2) is 0 Å². The van der Waals surface area contributed by atoms with Crippen LogP contribution in [0.5, 0.6) is 0 Å². The lowest BCUT2D eigenvalue weighted by atomic mass is 9.84. The van der Waals surface area contributed by atoms with Crippen LogP contribution in [0.15, 0.2) is 12.4 Å². The fraction of sp³-hybridized carbons (Fsp3) is 0.636. The summed E-state index contributed by atoms with van der Waals surface area (Å²) in [7, 11) is 0. The van der Waals surface area contributed by atoms with Gasteiger partial charge in [-0.15, -0.1) is 0 Å². The Morgan fingerprint density at radius 2 is 2.31 bits per heavy atom. The van der Waals surface area contributed by atoms with Crippen molar-refractivity contribution in [2.24, 2.45) is 17.1 Å². The molecule has 5 heteroatoms. The molecule has 1 atom stereocenters. The van der Waals surface area contributed by atoms with Crippen molar-refractivity contribution in [2.45, 2.75) is 27.2 Å². The van der Waals surface area contributed by atoms with Crippen molar-refractivity contribution in [1.29, 1.82) is 0 Å². The van der Waals surface area contributed by atoms with Crippen molar-refractivity contribution in [2.75, 3.05) is 11.9 Å². The molecule has 0 radical (unpaired) electrons. The van der Waals surface area contributed by atoms with Crippen molar-refractivity contribution < 1.29 is 4.79 Å². The number of hydrogen-bond donors (Lipinski definition) is 3. The van der Waals surface area contributed by atoms with Gasteiger partial charge < -0.3 is 10.7 Å². The third-order valence-electron chi connectivity index (χ3n) is 2.25. The van der Waals surface area contributed by atoms with E-state index in [1.165, 1.54) is 0 Å². The van der Waals surface area contributed by atoms with Crippen LogP contribution in [0.3, 0.4) is 0 Å². The summed E-state index contributed by atoms with van der Waals surface area (Å²) in [4.78, 5) is 18.6. The number of rotatable bonds is 4. The van der Waals surface area contributed by atoms with Gasteiger partial charge >= 0.3 is 0 Å². The maximum atomic E-state index is 11.9. The molecule has 0 aliphatic heterocycles. The van der Waals surface area contributed by atoms with Crippen LogP contribution in [0.25, 0.3) is 0 Å². The summed E-state index contributed by atoms with van der Waals surface area (Å²) < 4.78 is 0. The predicted octanol–water partition coefficient (Wildman–Crippen LogP) is 1.36. The number of nitrogens with two attached hydrogens (primary N) is 1. The normalized spacial score (nSPS) is 13.5. The molecule has 5 nitrogen and oxygen atoms in total. The summed E-state index contributed by atoms with van der Waals surface area (Å²) in [5.41, 5.74) is 5.71. The van der Waals surface area contributed by atoms with Crippen LogP contribution < -0.4 is 11.1 Å². The molecule has 0 bridgehead atoms. The molecule has 16 heavy (non-hydrogen) atoms. The molecule has 1 heterocycles. The summed E-state index contributed by atoms with van der Waals surface area (Å²) in [5.74, 6) is 0.217. The van der Waals surface area contributed by atoms with E-state index in [2.05, 4.69) is 36.1 Å². The van der Waals surface area contributed by atoms with Crippen LogP contribution in [0.4, 0.5) is 5.95 Å². The number of carbonyl (C=O) groups excluding carboxylic acids is 1. The zero-order chi connectivity index (χ0) is 12.2. The molecule has 4 N–H and O–H groups in total. The maximum Gasteiger partial charge on any atom is 0.231 e. The van der Waals surface area contributed by atoms with Crippen LogP contribution in [-0.4, -0.2) is 22.4 Å². The lowest BCUT2D eigenvalue weighted by Crippen LogP contribution is -2.32. The summed E-state index contributed by atoms with van der Waals surface area (Å²) >= 11 is 0. The number of nitrogens with one attached hydrogen (secondary N) is 2. The van der Waals surface area contributed by atoms with Gasteiger partial charge in [0.25, 0.3) is 0 Å². The first-order chi connectivity index (χ1) is 7.42. The van der Waals surface area contributed by atoms with Gasteiger partial charge in [-0.2, -0.15) is 0 Å². The van der Waals surface area contributed by atoms with E-state index in [9.17, 15) is 4.79 Å². The minimum atomic E-state index is -0.176. The van der Waals surface area contributed by atoms with E-state index in [1.54, 1.807) is 12.4 Å². The second kappa shape index (κ2) is 5.12. The number of aromatic amines is 1. The third-order valence-corrected chi connectivity index (χ3v) is 2.25.